The van der Waals surface area contributed by atoms with Gasteiger partial charge in [-0.3, -0.25) is 0 Å². The Labute approximate surface area is 168 Å². The molecule has 0 amide bonds. The summed E-state index contributed by atoms with van der Waals surface area (Å²) in [7, 11) is 0. The molecule has 5 nitrogen and oxygen atoms in total. The van der Waals surface area contributed by atoms with Crippen molar-refractivity contribution in [1.82, 2.24) is 0 Å². The number of aliphatic hydroxyl groups excluding tert-OH is 2. The number of ether oxygens (including phenoxy) is 2. The molecular formula is C22H47NO4. The summed E-state index contributed by atoms with van der Waals surface area (Å²) < 4.78 is 12.4. The number of unbranched alkanes of at least 4 members (excludes halogenated alkanes) is 4. The lowest BCUT2D eigenvalue weighted by molar-refractivity contribution is -0.307. The molecule has 0 aliphatic carbocycles. The highest BCUT2D eigenvalue weighted by molar-refractivity contribution is 4.97. The smallest absolute Gasteiger partial charge is 0.171 e. The molecule has 5 heteroatoms. The standard InChI is InChI=1S/C22H47NO4/c1-5-8-9-10-11-13-20(14-18-24)22(16-19-25,15-12-17-23)21(4,26-6-2)27-7-3/h20,24-25H,5-19,23H2,1-4H3. The van der Waals surface area contributed by atoms with Gasteiger partial charge in [-0.2, -0.15) is 0 Å². The average molecular weight is 390 g/mol. The lowest BCUT2D eigenvalue weighted by atomic mass is 9.62. The highest BCUT2D eigenvalue weighted by atomic mass is 16.7. The van der Waals surface area contributed by atoms with Gasteiger partial charge in [-0.15, -0.1) is 0 Å². The van der Waals surface area contributed by atoms with Crippen LogP contribution in [-0.2, 0) is 9.47 Å². The van der Waals surface area contributed by atoms with Gasteiger partial charge in [-0.05, 0) is 65.3 Å². The Morgan fingerprint density at radius 2 is 1.44 bits per heavy atom. The molecule has 4 N–H and O–H groups in total. The van der Waals surface area contributed by atoms with E-state index in [9.17, 15) is 10.2 Å². The van der Waals surface area contributed by atoms with Crippen LogP contribution in [0.4, 0.5) is 0 Å². The molecule has 0 aromatic heterocycles. The van der Waals surface area contributed by atoms with E-state index in [1.807, 2.05) is 20.8 Å². The predicted molar refractivity (Wildman–Crippen MR) is 113 cm³/mol. The van der Waals surface area contributed by atoms with Crippen LogP contribution in [0.2, 0.25) is 0 Å². The second-order valence-electron chi connectivity index (χ2n) is 7.75. The van der Waals surface area contributed by atoms with Crippen molar-refractivity contribution >= 4 is 0 Å². The van der Waals surface area contributed by atoms with Crippen molar-refractivity contribution in [2.45, 2.75) is 97.7 Å². The topological polar surface area (TPSA) is 84.9 Å². The van der Waals surface area contributed by atoms with Crippen molar-refractivity contribution in [3.05, 3.63) is 0 Å². The summed E-state index contributed by atoms with van der Waals surface area (Å²) in [5, 5.41) is 19.7. The van der Waals surface area contributed by atoms with Gasteiger partial charge in [-0.25, -0.2) is 0 Å². The molecule has 0 saturated carbocycles. The number of aliphatic hydroxyl groups is 2. The lowest BCUT2D eigenvalue weighted by Gasteiger charge is -2.52. The zero-order chi connectivity index (χ0) is 20.6. The minimum atomic E-state index is -0.794. The third-order valence-electron chi connectivity index (χ3n) is 6.04. The van der Waals surface area contributed by atoms with E-state index in [-0.39, 0.29) is 24.5 Å². The Morgan fingerprint density at radius 1 is 0.815 bits per heavy atom. The van der Waals surface area contributed by atoms with Gasteiger partial charge in [-0.1, -0.05) is 39.0 Å². The maximum Gasteiger partial charge on any atom is 0.171 e. The third-order valence-corrected chi connectivity index (χ3v) is 6.04. The molecule has 0 aromatic rings. The fraction of sp³-hybridized carbons (Fsp3) is 1.00. The molecule has 2 unspecified atom stereocenters. The van der Waals surface area contributed by atoms with Crippen LogP contribution in [0, 0.1) is 11.3 Å². The minimum Gasteiger partial charge on any atom is -0.396 e. The van der Waals surface area contributed by atoms with Gasteiger partial charge in [0.1, 0.15) is 0 Å². The van der Waals surface area contributed by atoms with Crippen molar-refractivity contribution in [3.8, 4) is 0 Å². The van der Waals surface area contributed by atoms with Crippen LogP contribution in [0.3, 0.4) is 0 Å². The van der Waals surface area contributed by atoms with Crippen molar-refractivity contribution in [1.29, 1.82) is 0 Å². The molecular weight excluding hydrogens is 342 g/mol. The molecule has 2 atom stereocenters. The van der Waals surface area contributed by atoms with Gasteiger partial charge in [0.15, 0.2) is 5.79 Å². The average Bonchev–Trinajstić information content (AvgIpc) is 2.64. The summed E-state index contributed by atoms with van der Waals surface area (Å²) in [5.74, 6) is -0.566. The van der Waals surface area contributed by atoms with E-state index in [0.29, 0.717) is 32.6 Å². The largest absolute Gasteiger partial charge is 0.396 e. The molecule has 0 spiro atoms. The van der Waals surface area contributed by atoms with E-state index in [2.05, 4.69) is 6.92 Å². The van der Waals surface area contributed by atoms with Crippen LogP contribution in [0.5, 0.6) is 0 Å². The van der Waals surface area contributed by atoms with E-state index in [0.717, 1.165) is 25.7 Å². The van der Waals surface area contributed by atoms with Crippen molar-refractivity contribution < 1.29 is 19.7 Å². The zero-order valence-electron chi connectivity index (χ0n) is 18.5. The van der Waals surface area contributed by atoms with E-state index in [1.165, 1.54) is 25.7 Å². The van der Waals surface area contributed by atoms with E-state index in [1.54, 1.807) is 0 Å². The summed E-state index contributed by atoms with van der Waals surface area (Å²) in [6, 6.07) is 0. The Morgan fingerprint density at radius 3 is 1.93 bits per heavy atom. The Hall–Kier alpha value is -0.200. The summed E-state index contributed by atoms with van der Waals surface area (Å²) in [5.41, 5.74) is 5.50. The van der Waals surface area contributed by atoms with Gasteiger partial charge in [0, 0.05) is 31.8 Å². The zero-order valence-corrected chi connectivity index (χ0v) is 18.5. The molecule has 0 rings (SSSR count). The maximum atomic E-state index is 9.95. The van der Waals surface area contributed by atoms with Crippen molar-refractivity contribution in [2.75, 3.05) is 33.0 Å². The lowest BCUT2D eigenvalue weighted by Crippen LogP contribution is -2.55. The Bertz CT molecular complexity index is 334. The van der Waals surface area contributed by atoms with Gasteiger partial charge >= 0.3 is 0 Å². The SMILES string of the molecule is CCCCCCCC(CCO)C(CCO)(CCCN)C(C)(OCC)OCC. The summed E-state index contributed by atoms with van der Waals surface area (Å²) >= 11 is 0. The second kappa shape index (κ2) is 15.7. The van der Waals surface area contributed by atoms with Gasteiger partial charge < -0.3 is 25.4 Å². The predicted octanol–water partition coefficient (Wildman–Crippen LogP) is 4.24. The number of nitrogens with two attached hydrogens (primary N) is 1. The Kier molecular flexibility index (Phi) is 15.6. The fourth-order valence-electron chi connectivity index (χ4n) is 4.70. The van der Waals surface area contributed by atoms with Crippen LogP contribution >= 0.6 is 0 Å². The first kappa shape index (κ1) is 26.8. The van der Waals surface area contributed by atoms with E-state index >= 15 is 0 Å². The normalized spacial score (nSPS) is 15.7. The van der Waals surface area contributed by atoms with E-state index in [4.69, 9.17) is 15.2 Å². The molecule has 0 bridgehead atoms. The molecule has 27 heavy (non-hydrogen) atoms. The van der Waals surface area contributed by atoms with Gasteiger partial charge in [0.25, 0.3) is 0 Å². The highest BCUT2D eigenvalue weighted by Crippen LogP contribution is 2.51. The summed E-state index contributed by atoms with van der Waals surface area (Å²) in [6.07, 6.45) is 10.1. The molecule has 0 aliphatic rings. The van der Waals surface area contributed by atoms with Crippen molar-refractivity contribution in [2.24, 2.45) is 17.1 Å². The maximum absolute atomic E-state index is 9.95. The number of hydrogen-bond acceptors (Lipinski definition) is 5. The molecule has 0 saturated heterocycles. The van der Waals surface area contributed by atoms with Gasteiger partial charge in [0.05, 0.1) is 0 Å². The molecule has 164 valence electrons. The first-order valence-electron chi connectivity index (χ1n) is 11.2. The quantitative estimate of drug-likeness (QED) is 0.227. The van der Waals surface area contributed by atoms with Crippen LogP contribution in [-0.4, -0.2) is 49.0 Å². The first-order chi connectivity index (χ1) is 13.0. The summed E-state index contributed by atoms with van der Waals surface area (Å²) in [6.45, 7) is 10.1. The van der Waals surface area contributed by atoms with Crippen LogP contribution in [0.15, 0.2) is 0 Å². The molecule has 0 aliphatic heterocycles. The van der Waals surface area contributed by atoms with Crippen LogP contribution in [0.25, 0.3) is 0 Å². The second-order valence-corrected chi connectivity index (χ2v) is 7.75. The molecule has 0 heterocycles. The van der Waals surface area contributed by atoms with Crippen molar-refractivity contribution in [3.63, 3.8) is 0 Å². The van der Waals surface area contributed by atoms with Crippen LogP contribution in [0.1, 0.15) is 91.9 Å². The molecule has 0 fully saturated rings. The molecule has 0 aromatic carbocycles. The van der Waals surface area contributed by atoms with E-state index < -0.39 is 5.79 Å². The number of hydrogen-bond donors (Lipinski definition) is 3. The number of rotatable bonds is 19. The monoisotopic (exact) mass is 389 g/mol. The minimum absolute atomic E-state index is 0.0814. The Balaban J connectivity index is 5.72. The van der Waals surface area contributed by atoms with Gasteiger partial charge in [0.2, 0.25) is 0 Å². The third kappa shape index (κ3) is 8.36. The first-order valence-corrected chi connectivity index (χ1v) is 11.2. The fourth-order valence-corrected chi connectivity index (χ4v) is 4.70. The van der Waals surface area contributed by atoms with Crippen LogP contribution < -0.4 is 5.73 Å². The molecule has 0 radical (unpaired) electrons. The highest BCUT2D eigenvalue weighted by Gasteiger charge is 2.53. The summed E-state index contributed by atoms with van der Waals surface area (Å²) in [4.78, 5) is 0.